The first kappa shape index (κ1) is 29.3. The van der Waals surface area contributed by atoms with E-state index in [1.807, 2.05) is 0 Å². The van der Waals surface area contributed by atoms with Gasteiger partial charge in [-0.1, -0.05) is 12.1 Å². The first-order valence-electron chi connectivity index (χ1n) is 10.7. The van der Waals surface area contributed by atoms with Crippen LogP contribution in [0.15, 0.2) is 48.5 Å². The minimum atomic E-state index is -6.31. The Hall–Kier alpha value is -3.66. The molecule has 4 aromatic carbocycles. The van der Waals surface area contributed by atoms with Crippen LogP contribution in [0.2, 0.25) is 0 Å². The number of fused-ring (bicyclic) bond motifs is 3. The fourth-order valence-electron chi connectivity index (χ4n) is 4.63. The lowest BCUT2D eigenvalue weighted by Gasteiger charge is -2.34. The van der Waals surface area contributed by atoms with Crippen molar-refractivity contribution in [2.75, 3.05) is 11.5 Å². The zero-order valence-electron chi connectivity index (χ0n) is 19.2. The average molecular weight is 590 g/mol. The molecule has 0 spiro atoms. The number of halogens is 12. The van der Waals surface area contributed by atoms with Crippen LogP contribution >= 0.6 is 0 Å². The predicted molar refractivity (Wildman–Crippen MR) is 120 cm³/mol. The summed E-state index contributed by atoms with van der Waals surface area (Å²) in [5, 5.41) is 16.9. The van der Waals surface area contributed by atoms with Crippen molar-refractivity contribution < 1.29 is 62.9 Å². The number of rotatable bonds is 2. The van der Waals surface area contributed by atoms with Gasteiger partial charge in [-0.05, 0) is 68.7 Å². The molecule has 0 unspecified atom stereocenters. The number of benzene rings is 4. The van der Waals surface area contributed by atoms with Crippen molar-refractivity contribution >= 4 is 43.7 Å². The van der Waals surface area contributed by atoms with Gasteiger partial charge in [-0.25, -0.2) is 0 Å². The summed E-state index contributed by atoms with van der Waals surface area (Å²) >= 11 is 0. The average Bonchev–Trinajstić information content (AvgIpc) is 2.78. The van der Waals surface area contributed by atoms with Crippen LogP contribution in [0.1, 0.15) is 11.1 Å². The third-order valence-corrected chi connectivity index (χ3v) is 6.54. The smallest absolute Gasteiger partial charge is 0.398 e. The Morgan fingerprint density at radius 1 is 0.425 bits per heavy atom. The van der Waals surface area contributed by atoms with Crippen molar-refractivity contribution in [3.8, 4) is 0 Å². The number of alkyl halides is 12. The first-order chi connectivity index (χ1) is 18.0. The van der Waals surface area contributed by atoms with E-state index in [0.29, 0.717) is 24.3 Å². The van der Waals surface area contributed by atoms with E-state index in [-0.39, 0.29) is 10.8 Å². The first-order valence-corrected chi connectivity index (χ1v) is 10.7. The maximum Gasteiger partial charge on any atom is 0.430 e. The topological polar surface area (TPSA) is 92.5 Å². The van der Waals surface area contributed by atoms with E-state index >= 15 is 0 Å². The molecule has 4 aromatic rings. The van der Waals surface area contributed by atoms with Crippen molar-refractivity contribution in [2.45, 2.75) is 35.9 Å². The molecule has 0 radical (unpaired) electrons. The summed E-state index contributed by atoms with van der Waals surface area (Å²) in [7, 11) is 0. The van der Waals surface area contributed by atoms with Crippen molar-refractivity contribution in [3.63, 3.8) is 0 Å². The Kier molecular flexibility index (Phi) is 6.18. The number of hydrogen-bond donors (Lipinski definition) is 4. The second-order valence-electron chi connectivity index (χ2n) is 8.97. The molecule has 0 fully saturated rings. The summed E-state index contributed by atoms with van der Waals surface area (Å²) in [6, 6.07) is 6.27. The number of hydrogen-bond acceptors (Lipinski definition) is 4. The molecule has 4 nitrogen and oxygen atoms in total. The van der Waals surface area contributed by atoms with E-state index < -0.39 is 80.0 Å². The van der Waals surface area contributed by atoms with Gasteiger partial charge in [0.2, 0.25) is 0 Å². The van der Waals surface area contributed by atoms with Gasteiger partial charge >= 0.3 is 24.7 Å². The standard InChI is InChI=1S/C24H14F12N2O2/c25-21(26,27)19(39,22(28,29)30)17-13-7-12-6-10-2-4-16(38)18(20(40,23(31,32)33)24(34,35)36)14(10)8-11(12)5-9(13)1-3-15(17)37/h1-8,39-40H,37-38H2. The van der Waals surface area contributed by atoms with Gasteiger partial charge in [0.25, 0.3) is 11.2 Å². The molecule has 0 aliphatic heterocycles. The lowest BCUT2D eigenvalue weighted by Crippen LogP contribution is -2.54. The highest BCUT2D eigenvalue weighted by Gasteiger charge is 2.73. The Morgan fingerprint density at radius 2 is 0.700 bits per heavy atom. The minimum absolute atomic E-state index is 0.253. The van der Waals surface area contributed by atoms with E-state index in [9.17, 15) is 62.9 Å². The molecular weight excluding hydrogens is 576 g/mol. The van der Waals surface area contributed by atoms with Gasteiger partial charge in [-0.3, -0.25) is 0 Å². The second-order valence-corrected chi connectivity index (χ2v) is 8.97. The van der Waals surface area contributed by atoms with Gasteiger partial charge in [0.05, 0.1) is 0 Å². The van der Waals surface area contributed by atoms with E-state index in [1.165, 1.54) is 0 Å². The Bertz CT molecular complexity index is 1500. The lowest BCUT2D eigenvalue weighted by molar-refractivity contribution is -0.376. The lowest BCUT2D eigenvalue weighted by atomic mass is 9.84. The molecule has 40 heavy (non-hydrogen) atoms. The summed E-state index contributed by atoms with van der Waals surface area (Å²) in [5.41, 5.74) is -5.71. The number of aliphatic hydroxyl groups is 2. The maximum atomic E-state index is 13.7. The summed E-state index contributed by atoms with van der Waals surface area (Å²) in [6.45, 7) is 0. The van der Waals surface area contributed by atoms with E-state index in [1.54, 1.807) is 0 Å². The molecule has 216 valence electrons. The molecule has 0 aliphatic rings. The SMILES string of the molecule is Nc1ccc2cc3cc4c(C(O)(C(F)(F)F)C(F)(F)F)c(N)ccc4cc3cc2c1C(O)(C(F)(F)F)C(F)(F)F. The largest absolute Gasteiger partial charge is 0.430 e. The summed E-state index contributed by atoms with van der Waals surface area (Å²) in [5.74, 6) is 0. The third-order valence-electron chi connectivity index (χ3n) is 6.54. The molecule has 6 N–H and O–H groups in total. The van der Waals surface area contributed by atoms with Gasteiger partial charge in [0, 0.05) is 22.5 Å². The minimum Gasteiger partial charge on any atom is -0.398 e. The molecular formula is C24H14F12N2O2. The molecule has 0 saturated carbocycles. The molecule has 0 saturated heterocycles. The highest BCUT2D eigenvalue weighted by atomic mass is 19.4. The van der Waals surface area contributed by atoms with Gasteiger partial charge in [0.1, 0.15) is 0 Å². The monoisotopic (exact) mass is 590 g/mol. The van der Waals surface area contributed by atoms with Crippen LogP contribution in [0.5, 0.6) is 0 Å². The fraction of sp³-hybridized carbons (Fsp3) is 0.250. The Labute approximate surface area is 214 Å². The maximum absolute atomic E-state index is 13.7. The van der Waals surface area contributed by atoms with Crippen LogP contribution in [-0.4, -0.2) is 34.9 Å². The molecule has 0 aromatic heterocycles. The van der Waals surface area contributed by atoms with Crippen LogP contribution < -0.4 is 11.5 Å². The number of anilines is 2. The van der Waals surface area contributed by atoms with Gasteiger partial charge in [0.15, 0.2) is 0 Å². The quantitative estimate of drug-likeness (QED) is 0.116. The van der Waals surface area contributed by atoms with Crippen LogP contribution in [0.4, 0.5) is 64.1 Å². The molecule has 0 amide bonds. The molecule has 16 heteroatoms. The van der Waals surface area contributed by atoms with E-state index in [2.05, 4.69) is 0 Å². The van der Waals surface area contributed by atoms with E-state index in [0.717, 1.165) is 24.3 Å². The zero-order chi connectivity index (χ0) is 30.4. The predicted octanol–water partition coefficient (Wildman–Crippen LogP) is 6.94. The van der Waals surface area contributed by atoms with Crippen molar-refractivity contribution in [1.29, 1.82) is 0 Å². The van der Waals surface area contributed by atoms with Crippen molar-refractivity contribution in [2.24, 2.45) is 0 Å². The third kappa shape index (κ3) is 3.95. The summed E-state index contributed by atoms with van der Waals surface area (Å²) < 4.78 is 164. The molecule has 0 aliphatic carbocycles. The highest BCUT2D eigenvalue weighted by molar-refractivity contribution is 6.08. The fourth-order valence-corrected chi connectivity index (χ4v) is 4.63. The summed E-state index contributed by atoms with van der Waals surface area (Å²) in [6.07, 6.45) is -25.2. The van der Waals surface area contributed by atoms with Crippen LogP contribution in [0.3, 0.4) is 0 Å². The Morgan fingerprint density at radius 3 is 0.950 bits per heavy atom. The normalized spacial score (nSPS) is 14.4. The van der Waals surface area contributed by atoms with E-state index in [4.69, 9.17) is 11.5 Å². The number of nitrogens with two attached hydrogens (primary N) is 2. The van der Waals surface area contributed by atoms with Gasteiger partial charge < -0.3 is 21.7 Å². The Balaban J connectivity index is 2.15. The summed E-state index contributed by atoms with van der Waals surface area (Å²) in [4.78, 5) is 0. The molecule has 0 heterocycles. The van der Waals surface area contributed by atoms with Crippen LogP contribution in [-0.2, 0) is 11.2 Å². The van der Waals surface area contributed by atoms with Crippen LogP contribution in [0.25, 0.3) is 32.3 Å². The van der Waals surface area contributed by atoms with Crippen LogP contribution in [0, 0.1) is 0 Å². The molecule has 4 rings (SSSR count). The second kappa shape index (κ2) is 8.42. The van der Waals surface area contributed by atoms with Crippen molar-refractivity contribution in [1.82, 2.24) is 0 Å². The highest BCUT2D eigenvalue weighted by Crippen LogP contribution is 2.55. The number of nitrogen functional groups attached to an aromatic ring is 2. The molecule has 0 bridgehead atoms. The van der Waals surface area contributed by atoms with Crippen molar-refractivity contribution in [3.05, 3.63) is 59.7 Å². The van der Waals surface area contributed by atoms with Gasteiger partial charge in [-0.2, -0.15) is 52.7 Å². The molecule has 0 atom stereocenters. The van der Waals surface area contributed by atoms with Gasteiger partial charge in [-0.15, -0.1) is 0 Å². The zero-order valence-corrected chi connectivity index (χ0v) is 19.2.